The molecule has 1 N–H and O–H groups in total. The predicted octanol–water partition coefficient (Wildman–Crippen LogP) is 4.27. The Kier molecular flexibility index (Phi) is 6.20. The molecule has 0 fully saturated rings. The van der Waals surface area contributed by atoms with Crippen LogP contribution in [0.1, 0.15) is 36.0 Å². The number of thiophene rings is 1. The van der Waals surface area contributed by atoms with Crippen molar-refractivity contribution < 1.29 is 19.1 Å². The first-order valence-corrected chi connectivity index (χ1v) is 8.85. The lowest BCUT2D eigenvalue weighted by Gasteiger charge is -2.19. The van der Waals surface area contributed by atoms with Crippen molar-refractivity contribution in [1.29, 1.82) is 0 Å². The first-order valence-electron chi connectivity index (χ1n) is 8.03. The van der Waals surface area contributed by atoms with E-state index in [1.807, 2.05) is 57.2 Å². The highest BCUT2D eigenvalue weighted by Gasteiger charge is 2.19. The van der Waals surface area contributed by atoms with Gasteiger partial charge < -0.3 is 14.8 Å². The lowest BCUT2D eigenvalue weighted by atomic mass is 10.1. The van der Waals surface area contributed by atoms with Crippen molar-refractivity contribution in [1.82, 2.24) is 5.32 Å². The van der Waals surface area contributed by atoms with Gasteiger partial charge in [0.2, 0.25) is 0 Å². The number of carbonyl (C=O) groups is 2. The standard InChI is InChI=1S/C19H23NO4S/c1-19(2,3)24-18(22)20-11-10-15-14(17(21)23-4)12-16(25-15)13-8-6-5-7-9-13/h5-9,12H,10-11H2,1-4H3,(H,20,22). The molecule has 0 radical (unpaired) electrons. The largest absolute Gasteiger partial charge is 0.465 e. The van der Waals surface area contributed by atoms with Gasteiger partial charge in [-0.1, -0.05) is 30.3 Å². The maximum Gasteiger partial charge on any atom is 0.407 e. The first kappa shape index (κ1) is 19.0. The third kappa shape index (κ3) is 5.60. The zero-order chi connectivity index (χ0) is 18.4. The van der Waals surface area contributed by atoms with E-state index in [9.17, 15) is 9.59 Å². The number of carbonyl (C=O) groups excluding carboxylic acids is 2. The van der Waals surface area contributed by atoms with Crippen LogP contribution in [0.15, 0.2) is 36.4 Å². The van der Waals surface area contributed by atoms with Gasteiger partial charge in [-0.25, -0.2) is 9.59 Å². The average Bonchev–Trinajstić information content (AvgIpc) is 2.97. The van der Waals surface area contributed by atoms with Crippen molar-refractivity contribution in [2.24, 2.45) is 0 Å². The lowest BCUT2D eigenvalue weighted by Crippen LogP contribution is -2.33. The Balaban J connectivity index is 2.10. The van der Waals surface area contributed by atoms with E-state index >= 15 is 0 Å². The molecular formula is C19H23NO4S. The van der Waals surface area contributed by atoms with Crippen molar-refractivity contribution in [3.05, 3.63) is 46.8 Å². The Morgan fingerprint density at radius 3 is 2.44 bits per heavy atom. The zero-order valence-electron chi connectivity index (χ0n) is 14.9. The molecule has 2 rings (SSSR count). The topological polar surface area (TPSA) is 64.6 Å². The number of alkyl carbamates (subject to hydrolysis) is 1. The van der Waals surface area contributed by atoms with Crippen LogP contribution in [-0.2, 0) is 15.9 Å². The summed E-state index contributed by atoms with van der Waals surface area (Å²) < 4.78 is 10.1. The number of hydrogen-bond donors (Lipinski definition) is 1. The van der Waals surface area contributed by atoms with E-state index in [0.29, 0.717) is 18.5 Å². The minimum absolute atomic E-state index is 0.370. The third-order valence-electron chi connectivity index (χ3n) is 3.29. The fourth-order valence-electron chi connectivity index (χ4n) is 2.23. The van der Waals surface area contributed by atoms with Gasteiger partial charge in [-0.05, 0) is 32.4 Å². The zero-order valence-corrected chi connectivity index (χ0v) is 15.7. The molecule has 0 saturated carbocycles. The molecule has 0 aliphatic rings. The number of amides is 1. The van der Waals surface area contributed by atoms with Crippen LogP contribution < -0.4 is 5.32 Å². The molecule has 0 saturated heterocycles. The molecule has 1 aromatic carbocycles. The molecule has 0 unspecified atom stereocenters. The van der Waals surface area contributed by atoms with Crippen molar-refractivity contribution in [2.75, 3.05) is 13.7 Å². The van der Waals surface area contributed by atoms with E-state index in [-0.39, 0.29) is 5.97 Å². The molecule has 0 bridgehead atoms. The fourth-order valence-corrected chi connectivity index (χ4v) is 3.39. The lowest BCUT2D eigenvalue weighted by molar-refractivity contribution is 0.0528. The summed E-state index contributed by atoms with van der Waals surface area (Å²) in [7, 11) is 1.37. The maximum absolute atomic E-state index is 12.0. The highest BCUT2D eigenvalue weighted by Crippen LogP contribution is 2.32. The van der Waals surface area contributed by atoms with Gasteiger partial charge >= 0.3 is 12.1 Å². The van der Waals surface area contributed by atoms with Crippen LogP contribution in [0.2, 0.25) is 0 Å². The van der Waals surface area contributed by atoms with Gasteiger partial charge in [0.05, 0.1) is 12.7 Å². The van der Waals surface area contributed by atoms with Crippen LogP contribution >= 0.6 is 11.3 Å². The second kappa shape index (κ2) is 8.16. The second-order valence-corrected chi connectivity index (χ2v) is 7.62. The molecule has 1 amide bonds. The monoisotopic (exact) mass is 361 g/mol. The van der Waals surface area contributed by atoms with Crippen LogP contribution in [-0.4, -0.2) is 31.3 Å². The van der Waals surface area contributed by atoms with Gasteiger partial charge in [-0.3, -0.25) is 0 Å². The van der Waals surface area contributed by atoms with Crippen molar-refractivity contribution in [3.63, 3.8) is 0 Å². The van der Waals surface area contributed by atoms with Crippen LogP contribution in [0.4, 0.5) is 4.79 Å². The molecule has 0 aliphatic carbocycles. The SMILES string of the molecule is COC(=O)c1cc(-c2ccccc2)sc1CCNC(=O)OC(C)(C)C. The van der Waals surface area contributed by atoms with E-state index < -0.39 is 11.7 Å². The smallest absolute Gasteiger partial charge is 0.407 e. The Hall–Kier alpha value is -2.34. The summed E-state index contributed by atoms with van der Waals surface area (Å²) in [4.78, 5) is 25.6. The quantitative estimate of drug-likeness (QED) is 0.808. The summed E-state index contributed by atoms with van der Waals surface area (Å²) in [6.45, 7) is 5.82. The number of nitrogens with one attached hydrogen (secondary N) is 1. The summed E-state index contributed by atoms with van der Waals surface area (Å²) in [6, 6.07) is 11.7. The van der Waals surface area contributed by atoms with Crippen molar-refractivity contribution >= 4 is 23.4 Å². The Morgan fingerprint density at radius 1 is 1.16 bits per heavy atom. The number of ether oxygens (including phenoxy) is 2. The molecule has 1 aromatic heterocycles. The minimum Gasteiger partial charge on any atom is -0.465 e. The Morgan fingerprint density at radius 2 is 1.84 bits per heavy atom. The molecule has 134 valence electrons. The average molecular weight is 361 g/mol. The summed E-state index contributed by atoms with van der Waals surface area (Å²) in [5, 5.41) is 2.71. The Labute approximate surface area is 152 Å². The fraction of sp³-hybridized carbons (Fsp3) is 0.368. The number of rotatable bonds is 5. The third-order valence-corrected chi connectivity index (χ3v) is 4.54. The number of methoxy groups -OCH3 is 1. The van der Waals surface area contributed by atoms with Crippen LogP contribution in [0.3, 0.4) is 0 Å². The highest BCUT2D eigenvalue weighted by atomic mass is 32.1. The van der Waals surface area contributed by atoms with Crippen molar-refractivity contribution in [2.45, 2.75) is 32.8 Å². The van der Waals surface area contributed by atoms with E-state index in [2.05, 4.69) is 5.32 Å². The Bertz CT molecular complexity index is 732. The second-order valence-electron chi connectivity index (χ2n) is 6.48. The summed E-state index contributed by atoms with van der Waals surface area (Å²) >= 11 is 1.53. The number of benzene rings is 1. The number of esters is 1. The van der Waals surface area contributed by atoms with Gasteiger partial charge in [0.25, 0.3) is 0 Å². The maximum atomic E-state index is 12.0. The van der Waals surface area contributed by atoms with Gasteiger partial charge in [0.15, 0.2) is 0 Å². The highest BCUT2D eigenvalue weighted by molar-refractivity contribution is 7.15. The van der Waals surface area contributed by atoms with Gasteiger partial charge in [0.1, 0.15) is 5.60 Å². The number of hydrogen-bond acceptors (Lipinski definition) is 5. The molecule has 25 heavy (non-hydrogen) atoms. The molecule has 6 heteroatoms. The molecular weight excluding hydrogens is 338 g/mol. The molecule has 0 atom stereocenters. The van der Waals surface area contributed by atoms with Gasteiger partial charge in [-0.2, -0.15) is 0 Å². The predicted molar refractivity (Wildman–Crippen MR) is 99.0 cm³/mol. The molecule has 0 spiro atoms. The molecule has 1 heterocycles. The van der Waals surface area contributed by atoms with E-state index in [4.69, 9.17) is 9.47 Å². The van der Waals surface area contributed by atoms with Gasteiger partial charge in [-0.15, -0.1) is 11.3 Å². The van der Waals surface area contributed by atoms with E-state index in [1.54, 1.807) is 0 Å². The molecule has 0 aliphatic heterocycles. The van der Waals surface area contributed by atoms with E-state index in [1.165, 1.54) is 18.4 Å². The summed E-state index contributed by atoms with van der Waals surface area (Å²) in [6.07, 6.45) is 0.0632. The van der Waals surface area contributed by atoms with Gasteiger partial charge in [0, 0.05) is 22.7 Å². The minimum atomic E-state index is -0.537. The van der Waals surface area contributed by atoms with Crippen molar-refractivity contribution in [3.8, 4) is 10.4 Å². The van der Waals surface area contributed by atoms with Crippen LogP contribution in [0, 0.1) is 0 Å². The molecule has 2 aromatic rings. The summed E-state index contributed by atoms with van der Waals surface area (Å²) in [5.74, 6) is -0.370. The van der Waals surface area contributed by atoms with E-state index in [0.717, 1.165) is 15.3 Å². The summed E-state index contributed by atoms with van der Waals surface area (Å²) in [5.41, 5.74) is 1.05. The van der Waals surface area contributed by atoms with Crippen LogP contribution in [0.25, 0.3) is 10.4 Å². The first-order chi connectivity index (χ1) is 11.8. The normalized spacial score (nSPS) is 11.0. The van der Waals surface area contributed by atoms with Crippen LogP contribution in [0.5, 0.6) is 0 Å². The molecule has 5 nitrogen and oxygen atoms in total.